The maximum absolute atomic E-state index is 11.3. The van der Waals surface area contributed by atoms with Gasteiger partial charge in [-0.05, 0) is 12.1 Å². The van der Waals surface area contributed by atoms with Crippen LogP contribution >= 0.6 is 0 Å². The molecule has 0 spiro atoms. The van der Waals surface area contributed by atoms with Gasteiger partial charge in [0.1, 0.15) is 0 Å². The Balaban J connectivity index is 3.03. The van der Waals surface area contributed by atoms with Crippen LogP contribution in [0.2, 0.25) is 0 Å². The summed E-state index contributed by atoms with van der Waals surface area (Å²) in [5.41, 5.74) is 6.22. The van der Waals surface area contributed by atoms with Gasteiger partial charge in [-0.2, -0.15) is 0 Å². The smallest absolute Gasteiger partial charge is 0.0617 e. The van der Waals surface area contributed by atoms with E-state index in [2.05, 4.69) is 0 Å². The predicted molar refractivity (Wildman–Crippen MR) is 47.8 cm³/mol. The molecule has 0 aliphatic heterocycles. The molecule has 1 aromatic carbocycles. The van der Waals surface area contributed by atoms with E-state index in [0.29, 0.717) is 11.4 Å². The van der Waals surface area contributed by atoms with Crippen molar-refractivity contribution < 1.29 is 4.21 Å². The highest BCUT2D eigenvalue weighted by molar-refractivity contribution is 7.85. The maximum atomic E-state index is 11.3. The number of anilines is 1. The number of hydrogen-bond acceptors (Lipinski definition) is 2. The Morgan fingerprint density at radius 2 is 2.09 bits per heavy atom. The van der Waals surface area contributed by atoms with Crippen LogP contribution in [0.5, 0.6) is 0 Å². The van der Waals surface area contributed by atoms with E-state index in [-0.39, 0.29) is 0 Å². The van der Waals surface area contributed by atoms with Crippen molar-refractivity contribution in [2.24, 2.45) is 0 Å². The third kappa shape index (κ3) is 1.80. The highest BCUT2D eigenvalue weighted by Gasteiger charge is 2.02. The van der Waals surface area contributed by atoms with Crippen LogP contribution in [0, 0.1) is 0 Å². The minimum Gasteiger partial charge on any atom is -0.398 e. The molecule has 11 heavy (non-hydrogen) atoms. The standard InChI is InChI=1S/C8H11NOS/c1-2-11(10)8-6-4-3-5-7(8)9/h3-6H,2,9H2,1H3. The van der Waals surface area contributed by atoms with E-state index in [1.165, 1.54) is 0 Å². The van der Waals surface area contributed by atoms with Gasteiger partial charge in [-0.1, -0.05) is 19.1 Å². The van der Waals surface area contributed by atoms with Gasteiger partial charge >= 0.3 is 0 Å². The second-order valence-corrected chi connectivity index (χ2v) is 3.88. The van der Waals surface area contributed by atoms with E-state index in [0.717, 1.165) is 4.90 Å². The molecule has 0 fully saturated rings. The molecule has 0 saturated carbocycles. The molecule has 1 rings (SSSR count). The van der Waals surface area contributed by atoms with Crippen molar-refractivity contribution in [1.29, 1.82) is 0 Å². The van der Waals surface area contributed by atoms with Crippen LogP contribution in [-0.4, -0.2) is 9.96 Å². The Kier molecular flexibility index (Phi) is 2.65. The summed E-state index contributed by atoms with van der Waals surface area (Å²) in [7, 11) is -0.927. The summed E-state index contributed by atoms with van der Waals surface area (Å²) in [5, 5.41) is 0. The van der Waals surface area contributed by atoms with E-state index in [1.54, 1.807) is 12.1 Å². The fourth-order valence-electron chi connectivity index (χ4n) is 0.843. The highest BCUT2D eigenvalue weighted by atomic mass is 32.2. The lowest BCUT2D eigenvalue weighted by molar-refractivity contribution is 0.684. The third-order valence-corrected chi connectivity index (χ3v) is 2.81. The molecule has 60 valence electrons. The lowest BCUT2D eigenvalue weighted by Crippen LogP contribution is -1.98. The van der Waals surface area contributed by atoms with E-state index in [4.69, 9.17) is 5.73 Å². The van der Waals surface area contributed by atoms with Crippen LogP contribution in [0.4, 0.5) is 5.69 Å². The van der Waals surface area contributed by atoms with Crippen molar-refractivity contribution in [1.82, 2.24) is 0 Å². The second-order valence-electron chi connectivity index (χ2n) is 2.17. The summed E-state index contributed by atoms with van der Waals surface area (Å²) in [6, 6.07) is 7.25. The predicted octanol–water partition coefficient (Wildman–Crippen LogP) is 1.40. The van der Waals surface area contributed by atoms with Crippen molar-refractivity contribution >= 4 is 16.5 Å². The number of rotatable bonds is 2. The lowest BCUT2D eigenvalue weighted by Gasteiger charge is -2.01. The fourth-order valence-corrected chi connectivity index (χ4v) is 1.72. The molecule has 2 N–H and O–H groups in total. The van der Waals surface area contributed by atoms with Gasteiger partial charge in [0.05, 0.1) is 15.7 Å². The number of hydrogen-bond donors (Lipinski definition) is 1. The summed E-state index contributed by atoms with van der Waals surface area (Å²) in [5.74, 6) is 0.619. The molecule has 0 radical (unpaired) electrons. The van der Waals surface area contributed by atoms with Gasteiger partial charge in [-0.3, -0.25) is 4.21 Å². The Morgan fingerprint density at radius 1 is 1.45 bits per heavy atom. The Bertz CT molecular complexity index is 273. The first kappa shape index (κ1) is 8.27. The quantitative estimate of drug-likeness (QED) is 0.680. The summed E-state index contributed by atoms with van der Waals surface area (Å²) in [6.07, 6.45) is 0. The summed E-state index contributed by atoms with van der Waals surface area (Å²) >= 11 is 0. The van der Waals surface area contributed by atoms with Gasteiger partial charge in [0.25, 0.3) is 0 Å². The zero-order chi connectivity index (χ0) is 8.27. The van der Waals surface area contributed by atoms with E-state index < -0.39 is 10.8 Å². The normalized spacial score (nSPS) is 12.8. The van der Waals surface area contributed by atoms with Crippen molar-refractivity contribution in [3.05, 3.63) is 24.3 Å². The Labute approximate surface area is 68.9 Å². The van der Waals surface area contributed by atoms with Crippen LogP contribution in [0.15, 0.2) is 29.2 Å². The Hall–Kier alpha value is -0.830. The molecule has 0 saturated heterocycles. The van der Waals surface area contributed by atoms with Crippen LogP contribution in [0.25, 0.3) is 0 Å². The third-order valence-electron chi connectivity index (χ3n) is 1.43. The average molecular weight is 169 g/mol. The van der Waals surface area contributed by atoms with E-state index in [1.807, 2.05) is 19.1 Å². The second kappa shape index (κ2) is 3.53. The van der Waals surface area contributed by atoms with Crippen molar-refractivity contribution in [2.45, 2.75) is 11.8 Å². The van der Waals surface area contributed by atoms with Gasteiger partial charge < -0.3 is 5.73 Å². The van der Waals surface area contributed by atoms with E-state index >= 15 is 0 Å². The number of nitrogen functional groups attached to an aromatic ring is 1. The highest BCUT2D eigenvalue weighted by Crippen LogP contribution is 2.14. The zero-order valence-electron chi connectivity index (χ0n) is 6.41. The molecule has 1 atom stereocenters. The average Bonchev–Trinajstić information content (AvgIpc) is 2.04. The van der Waals surface area contributed by atoms with Crippen molar-refractivity contribution in [3.63, 3.8) is 0 Å². The molecule has 0 aliphatic rings. The Morgan fingerprint density at radius 3 is 2.64 bits per heavy atom. The van der Waals surface area contributed by atoms with Gasteiger partial charge in [-0.25, -0.2) is 0 Å². The maximum Gasteiger partial charge on any atom is 0.0617 e. The largest absolute Gasteiger partial charge is 0.398 e. The number of benzene rings is 1. The first-order valence-electron chi connectivity index (χ1n) is 3.48. The topological polar surface area (TPSA) is 43.1 Å². The summed E-state index contributed by atoms with van der Waals surface area (Å²) in [4.78, 5) is 0.745. The van der Waals surface area contributed by atoms with Gasteiger partial charge in [-0.15, -0.1) is 0 Å². The van der Waals surface area contributed by atoms with Gasteiger partial charge in [0.15, 0.2) is 0 Å². The number of nitrogens with two attached hydrogens (primary N) is 1. The number of para-hydroxylation sites is 1. The molecule has 0 amide bonds. The van der Waals surface area contributed by atoms with Crippen LogP contribution in [0.1, 0.15) is 6.92 Å². The van der Waals surface area contributed by atoms with Gasteiger partial charge in [0, 0.05) is 11.4 Å². The SMILES string of the molecule is CCS(=O)c1ccccc1N. The zero-order valence-corrected chi connectivity index (χ0v) is 7.23. The minimum absolute atomic E-state index is 0.618. The van der Waals surface area contributed by atoms with Crippen molar-refractivity contribution in [3.8, 4) is 0 Å². The molecular weight excluding hydrogens is 158 g/mol. The molecule has 2 nitrogen and oxygen atoms in total. The monoisotopic (exact) mass is 169 g/mol. The molecule has 1 aromatic rings. The van der Waals surface area contributed by atoms with Crippen LogP contribution in [-0.2, 0) is 10.8 Å². The van der Waals surface area contributed by atoms with E-state index in [9.17, 15) is 4.21 Å². The van der Waals surface area contributed by atoms with Gasteiger partial charge in [0.2, 0.25) is 0 Å². The van der Waals surface area contributed by atoms with Crippen LogP contribution in [0.3, 0.4) is 0 Å². The minimum atomic E-state index is -0.927. The molecule has 1 unspecified atom stereocenters. The molecule has 0 aliphatic carbocycles. The lowest BCUT2D eigenvalue weighted by atomic mass is 10.3. The fraction of sp³-hybridized carbons (Fsp3) is 0.250. The summed E-state index contributed by atoms with van der Waals surface area (Å²) < 4.78 is 11.3. The molecule has 0 heterocycles. The molecule has 0 bridgehead atoms. The van der Waals surface area contributed by atoms with Crippen molar-refractivity contribution in [2.75, 3.05) is 11.5 Å². The molecule has 3 heteroatoms. The first-order valence-corrected chi connectivity index (χ1v) is 4.80. The summed E-state index contributed by atoms with van der Waals surface area (Å²) in [6.45, 7) is 1.88. The molecule has 0 aromatic heterocycles. The first-order chi connectivity index (χ1) is 5.25. The molecular formula is C8H11NOS. The van der Waals surface area contributed by atoms with Crippen LogP contribution < -0.4 is 5.73 Å².